The van der Waals surface area contributed by atoms with Crippen LogP contribution in [-0.4, -0.2) is 31.6 Å². The third-order valence-corrected chi connectivity index (χ3v) is 3.90. The molecule has 0 spiro atoms. The van der Waals surface area contributed by atoms with Crippen molar-refractivity contribution in [2.45, 2.75) is 36.5 Å². The van der Waals surface area contributed by atoms with E-state index in [9.17, 15) is 30.6 Å². The molecule has 0 fully saturated rings. The van der Waals surface area contributed by atoms with E-state index in [-0.39, 0.29) is 28.3 Å². The first-order chi connectivity index (χ1) is 11.0. The number of benzene rings is 1. The minimum Gasteiger partial charge on any atom is -0.741 e. The topological polar surface area (TPSA) is 77.5 Å². The molecule has 0 aliphatic rings. The summed E-state index contributed by atoms with van der Waals surface area (Å²) in [6.07, 6.45) is -4.52. The molecule has 0 saturated carbocycles. The fourth-order valence-corrected chi connectivity index (χ4v) is 1.88. The van der Waals surface area contributed by atoms with Crippen molar-refractivity contribution in [1.29, 1.82) is 0 Å². The molecule has 144 valence electrons. The molecule has 0 saturated heterocycles. The Morgan fingerprint density at radius 2 is 1.56 bits per heavy atom. The molecule has 0 bridgehead atoms. The molecular weight excluding hydrogens is 400 g/mol. The number of rotatable bonds is 3. The summed E-state index contributed by atoms with van der Waals surface area (Å²) in [6, 6.07) is 3.95. The van der Waals surface area contributed by atoms with Gasteiger partial charge in [0.25, 0.3) is 0 Å². The third-order valence-electron chi connectivity index (χ3n) is 2.82. The predicted octanol–water partition coefficient (Wildman–Crippen LogP) is 3.39. The summed E-state index contributed by atoms with van der Waals surface area (Å²) in [5.74, 6) is 0. The maximum absolute atomic E-state index is 12.9. The van der Waals surface area contributed by atoms with Gasteiger partial charge in [0, 0.05) is 23.4 Å². The Bertz CT molecular complexity index is 701. The predicted molar refractivity (Wildman–Crippen MR) is 77.1 cm³/mol. The van der Waals surface area contributed by atoms with E-state index in [0.29, 0.717) is 0 Å². The van der Waals surface area contributed by atoms with E-state index in [0.717, 1.165) is 0 Å². The van der Waals surface area contributed by atoms with E-state index in [4.69, 9.17) is 13.0 Å². The molecular formula is C12H13F6NO4S2. The summed E-state index contributed by atoms with van der Waals surface area (Å²) < 4.78 is 108. The van der Waals surface area contributed by atoms with Gasteiger partial charge in [0.2, 0.25) is 0 Å². The average Bonchev–Trinajstić information content (AvgIpc) is 2.43. The summed E-state index contributed by atoms with van der Waals surface area (Å²) in [5.41, 5.74) is -6.46. The van der Waals surface area contributed by atoms with E-state index >= 15 is 0 Å². The van der Waals surface area contributed by atoms with E-state index < -0.39 is 27.4 Å². The van der Waals surface area contributed by atoms with Gasteiger partial charge in [-0.15, -0.1) is 0 Å². The first-order valence-electron chi connectivity index (χ1n) is 6.29. The van der Waals surface area contributed by atoms with E-state index in [2.05, 4.69) is 0 Å². The molecule has 5 nitrogen and oxygen atoms in total. The van der Waals surface area contributed by atoms with Crippen molar-refractivity contribution in [2.75, 3.05) is 11.9 Å². The van der Waals surface area contributed by atoms with Crippen molar-refractivity contribution in [2.24, 2.45) is 0 Å². The lowest BCUT2D eigenvalue weighted by Crippen LogP contribution is -2.28. The number of alkyl halides is 6. The van der Waals surface area contributed by atoms with Crippen LogP contribution in [0.4, 0.5) is 32.0 Å². The van der Waals surface area contributed by atoms with Crippen LogP contribution in [0.15, 0.2) is 23.1 Å². The van der Waals surface area contributed by atoms with Gasteiger partial charge in [-0.1, -0.05) is 6.07 Å². The standard InChI is InChI=1S/C11H13F3NOS.CHF3O3S/c1-7(2)15(3)8-5-4-6-9(17-16)10(8)11(12,13)14;2-1(3,4)8(5,6)7/h4-7H,1-3H3;(H,5,6,7)/q+1;/p-1. The molecule has 0 aliphatic carbocycles. The van der Waals surface area contributed by atoms with Crippen molar-refractivity contribution in [3.8, 4) is 0 Å². The van der Waals surface area contributed by atoms with Gasteiger partial charge in [-0.2, -0.15) is 26.3 Å². The Kier molecular flexibility index (Phi) is 7.79. The third kappa shape index (κ3) is 6.74. The average molecular weight is 413 g/mol. The van der Waals surface area contributed by atoms with Crippen LogP contribution in [0.5, 0.6) is 0 Å². The van der Waals surface area contributed by atoms with Crippen LogP contribution in [0.3, 0.4) is 0 Å². The van der Waals surface area contributed by atoms with Crippen LogP contribution in [-0.2, 0) is 32.2 Å². The van der Waals surface area contributed by atoms with Crippen LogP contribution in [0.25, 0.3) is 0 Å². The Morgan fingerprint density at radius 3 is 1.84 bits per heavy atom. The largest absolute Gasteiger partial charge is 0.741 e. The smallest absolute Gasteiger partial charge is 0.505 e. The molecule has 0 heterocycles. The van der Waals surface area contributed by atoms with Crippen molar-refractivity contribution in [1.82, 2.24) is 0 Å². The molecule has 0 aliphatic heterocycles. The second-order valence-corrected chi connectivity index (χ2v) is 6.81. The highest BCUT2D eigenvalue weighted by Gasteiger charge is 2.42. The molecule has 1 aromatic rings. The number of nitrogens with zero attached hydrogens (tertiary/aromatic N) is 1. The molecule has 0 aromatic heterocycles. The Balaban J connectivity index is 0.000000609. The summed E-state index contributed by atoms with van der Waals surface area (Å²) in [6.45, 7) is 3.58. The maximum Gasteiger partial charge on any atom is 0.505 e. The van der Waals surface area contributed by atoms with Crippen molar-refractivity contribution in [3.05, 3.63) is 23.8 Å². The fraction of sp³-hybridized carbons (Fsp3) is 0.500. The van der Waals surface area contributed by atoms with E-state index in [1.165, 1.54) is 23.1 Å². The Hall–Kier alpha value is -1.47. The van der Waals surface area contributed by atoms with E-state index in [1.807, 2.05) is 0 Å². The second-order valence-electron chi connectivity index (χ2n) is 4.84. The van der Waals surface area contributed by atoms with Crippen LogP contribution in [0.1, 0.15) is 19.4 Å². The molecule has 25 heavy (non-hydrogen) atoms. The number of anilines is 1. The highest BCUT2D eigenvalue weighted by Crippen LogP contribution is 2.39. The Labute approximate surface area is 143 Å². The number of hydrogen-bond acceptors (Lipinski definition) is 5. The fourth-order valence-electron chi connectivity index (χ4n) is 1.45. The lowest BCUT2D eigenvalue weighted by atomic mass is 10.1. The zero-order chi connectivity index (χ0) is 20.2. The van der Waals surface area contributed by atoms with Crippen LogP contribution in [0, 0.1) is 0 Å². The minimum atomic E-state index is -6.09. The molecule has 1 aromatic carbocycles. The monoisotopic (exact) mass is 413 g/mol. The molecule has 0 atom stereocenters. The summed E-state index contributed by atoms with van der Waals surface area (Å²) in [5, 5.41) is 0. The van der Waals surface area contributed by atoms with Crippen molar-refractivity contribution < 1.29 is 43.5 Å². The molecule has 0 amide bonds. The molecule has 0 unspecified atom stereocenters. The quantitative estimate of drug-likeness (QED) is 0.329. The molecule has 1 rings (SSSR count). The van der Waals surface area contributed by atoms with Crippen molar-refractivity contribution >= 4 is 27.5 Å². The zero-order valence-corrected chi connectivity index (χ0v) is 14.6. The highest BCUT2D eigenvalue weighted by atomic mass is 32.2. The van der Waals surface area contributed by atoms with Crippen LogP contribution < -0.4 is 4.90 Å². The second kappa shape index (κ2) is 8.27. The SMILES string of the molecule is CC(C)N(C)c1cccc([S+]=O)c1C(F)(F)F.O=S(=O)([O-])C(F)(F)F. The van der Waals surface area contributed by atoms with Gasteiger partial charge in [0.1, 0.15) is 5.56 Å². The first-order valence-corrected chi connectivity index (χ1v) is 8.44. The highest BCUT2D eigenvalue weighted by molar-refractivity contribution is 7.86. The van der Waals surface area contributed by atoms with Gasteiger partial charge in [0.05, 0.1) is 5.69 Å². The molecule has 0 N–H and O–H groups in total. The van der Waals surface area contributed by atoms with Gasteiger partial charge in [-0.25, -0.2) is 8.42 Å². The summed E-state index contributed by atoms with van der Waals surface area (Å²) in [4.78, 5) is 1.21. The Morgan fingerprint density at radius 1 is 1.12 bits per heavy atom. The van der Waals surface area contributed by atoms with Gasteiger partial charge in [-0.05, 0) is 19.9 Å². The van der Waals surface area contributed by atoms with E-state index in [1.54, 1.807) is 20.9 Å². The minimum absolute atomic E-state index is 0.0355. The maximum atomic E-state index is 12.9. The number of hydrogen-bond donors (Lipinski definition) is 0. The van der Waals surface area contributed by atoms with Gasteiger partial charge in [-0.3, -0.25) is 0 Å². The molecule has 13 heteroatoms. The van der Waals surface area contributed by atoms with Crippen molar-refractivity contribution in [3.63, 3.8) is 0 Å². The lowest BCUT2D eigenvalue weighted by Gasteiger charge is -2.26. The first kappa shape index (κ1) is 23.5. The van der Waals surface area contributed by atoms with Crippen LogP contribution >= 0.6 is 0 Å². The van der Waals surface area contributed by atoms with Gasteiger partial charge >= 0.3 is 28.2 Å². The summed E-state index contributed by atoms with van der Waals surface area (Å²) >= 11 is -0.131. The van der Waals surface area contributed by atoms with Gasteiger partial charge in [0.15, 0.2) is 10.1 Å². The van der Waals surface area contributed by atoms with Gasteiger partial charge < -0.3 is 9.45 Å². The molecule has 0 radical (unpaired) electrons. The summed E-state index contributed by atoms with van der Waals surface area (Å²) in [7, 11) is -4.51. The lowest BCUT2D eigenvalue weighted by molar-refractivity contribution is -0.139. The zero-order valence-electron chi connectivity index (χ0n) is 13.0. The normalized spacial score (nSPS) is 12.4. The number of halogens is 6. The van der Waals surface area contributed by atoms with Crippen LogP contribution in [0.2, 0.25) is 0 Å².